The number of rotatable bonds is 3. The zero-order valence-corrected chi connectivity index (χ0v) is 11.1. The fourth-order valence-electron chi connectivity index (χ4n) is 2.09. The molecule has 5 heteroatoms. The van der Waals surface area contributed by atoms with Crippen molar-refractivity contribution in [1.82, 2.24) is 4.90 Å². The van der Waals surface area contributed by atoms with E-state index in [2.05, 4.69) is 0 Å². The van der Waals surface area contributed by atoms with Gasteiger partial charge in [0.1, 0.15) is 5.75 Å². The minimum atomic E-state index is -0.389. The van der Waals surface area contributed by atoms with E-state index in [0.717, 1.165) is 12.0 Å². The summed E-state index contributed by atoms with van der Waals surface area (Å²) in [5, 5.41) is 0. The summed E-state index contributed by atoms with van der Waals surface area (Å²) in [6.45, 7) is 3.21. The Bertz CT molecular complexity index is 498. The van der Waals surface area contributed by atoms with Crippen molar-refractivity contribution in [2.75, 3.05) is 20.3 Å². The van der Waals surface area contributed by atoms with Gasteiger partial charge in [0.15, 0.2) is 6.61 Å². The van der Waals surface area contributed by atoms with Gasteiger partial charge < -0.3 is 14.4 Å². The van der Waals surface area contributed by atoms with Crippen LogP contribution >= 0.6 is 0 Å². The highest BCUT2D eigenvalue weighted by Gasteiger charge is 2.21. The number of ether oxygens (including phenoxy) is 2. The molecule has 1 heterocycles. The van der Waals surface area contributed by atoms with Gasteiger partial charge >= 0.3 is 5.97 Å². The number of methoxy groups -OCH3 is 1. The fourth-order valence-corrected chi connectivity index (χ4v) is 2.09. The number of carbonyl (C=O) groups is 2. The van der Waals surface area contributed by atoms with Crippen LogP contribution in [-0.2, 0) is 16.1 Å². The lowest BCUT2D eigenvalue weighted by Gasteiger charge is -2.18. The van der Waals surface area contributed by atoms with Gasteiger partial charge in [-0.05, 0) is 24.6 Å². The van der Waals surface area contributed by atoms with E-state index in [4.69, 9.17) is 9.47 Å². The van der Waals surface area contributed by atoms with Gasteiger partial charge in [-0.2, -0.15) is 0 Å². The number of esters is 1. The molecule has 0 bridgehead atoms. The predicted octanol–water partition coefficient (Wildman–Crippen LogP) is 1.60. The molecule has 0 N–H and O–H groups in total. The van der Waals surface area contributed by atoms with Crippen LogP contribution in [0, 0.1) is 0 Å². The van der Waals surface area contributed by atoms with Crippen molar-refractivity contribution in [3.63, 3.8) is 0 Å². The first-order valence-electron chi connectivity index (χ1n) is 6.27. The molecule has 5 nitrogen and oxygen atoms in total. The van der Waals surface area contributed by atoms with Crippen molar-refractivity contribution in [3.8, 4) is 5.75 Å². The number of hydrogen-bond donors (Lipinski definition) is 0. The minimum absolute atomic E-state index is 0.0299. The maximum absolute atomic E-state index is 11.9. The van der Waals surface area contributed by atoms with E-state index < -0.39 is 0 Å². The summed E-state index contributed by atoms with van der Waals surface area (Å²) in [5.74, 6) is 0.234. The number of hydrogen-bond acceptors (Lipinski definition) is 4. The van der Waals surface area contributed by atoms with E-state index in [-0.39, 0.29) is 18.5 Å². The van der Waals surface area contributed by atoms with Crippen LogP contribution in [-0.4, -0.2) is 37.0 Å². The van der Waals surface area contributed by atoms with Crippen LogP contribution in [0.15, 0.2) is 18.2 Å². The quantitative estimate of drug-likeness (QED) is 0.777. The van der Waals surface area contributed by atoms with Gasteiger partial charge in [0, 0.05) is 18.7 Å². The van der Waals surface area contributed by atoms with Crippen LogP contribution in [0.2, 0.25) is 0 Å². The molecule has 0 aromatic heterocycles. The summed E-state index contributed by atoms with van der Waals surface area (Å²) < 4.78 is 10.2. The standard InChI is InChI=1S/C14H17NO4/c1-3-6-15-8-11-7-10(14(17)18-2)4-5-12(11)19-9-13(15)16/h4-5,7H,3,6,8-9H2,1-2H3. The van der Waals surface area contributed by atoms with Crippen LogP contribution in [0.1, 0.15) is 29.3 Å². The van der Waals surface area contributed by atoms with E-state index in [9.17, 15) is 9.59 Å². The van der Waals surface area contributed by atoms with Gasteiger partial charge in [0.05, 0.1) is 12.7 Å². The number of benzene rings is 1. The maximum Gasteiger partial charge on any atom is 0.337 e. The highest BCUT2D eigenvalue weighted by molar-refractivity contribution is 5.90. The second-order valence-corrected chi connectivity index (χ2v) is 4.42. The Morgan fingerprint density at radius 2 is 2.26 bits per heavy atom. The third kappa shape index (κ3) is 2.86. The summed E-state index contributed by atoms with van der Waals surface area (Å²) in [5.41, 5.74) is 1.30. The van der Waals surface area contributed by atoms with Crippen molar-refractivity contribution in [1.29, 1.82) is 0 Å². The third-order valence-electron chi connectivity index (χ3n) is 3.04. The molecule has 19 heavy (non-hydrogen) atoms. The first-order valence-corrected chi connectivity index (χ1v) is 6.27. The topological polar surface area (TPSA) is 55.8 Å². The zero-order valence-electron chi connectivity index (χ0n) is 11.1. The lowest BCUT2D eigenvalue weighted by atomic mass is 10.1. The van der Waals surface area contributed by atoms with E-state index in [1.807, 2.05) is 6.92 Å². The molecule has 0 radical (unpaired) electrons. The molecule has 0 aliphatic carbocycles. The van der Waals surface area contributed by atoms with Crippen LogP contribution in [0.3, 0.4) is 0 Å². The van der Waals surface area contributed by atoms with Crippen LogP contribution in [0.4, 0.5) is 0 Å². The summed E-state index contributed by atoms with van der Waals surface area (Å²) in [6, 6.07) is 5.08. The SMILES string of the molecule is CCCN1Cc2cc(C(=O)OC)ccc2OCC1=O. The maximum atomic E-state index is 11.9. The highest BCUT2D eigenvalue weighted by Crippen LogP contribution is 2.25. The van der Waals surface area contributed by atoms with Gasteiger partial charge in [-0.15, -0.1) is 0 Å². The van der Waals surface area contributed by atoms with E-state index in [1.54, 1.807) is 23.1 Å². The number of carbonyl (C=O) groups excluding carboxylic acids is 2. The van der Waals surface area contributed by atoms with Crippen LogP contribution in [0.25, 0.3) is 0 Å². The molecule has 2 rings (SSSR count). The smallest absolute Gasteiger partial charge is 0.337 e. The zero-order chi connectivity index (χ0) is 13.8. The Morgan fingerprint density at radius 3 is 2.95 bits per heavy atom. The molecule has 102 valence electrons. The molecule has 0 saturated heterocycles. The number of nitrogens with zero attached hydrogens (tertiary/aromatic N) is 1. The van der Waals surface area contributed by atoms with Crippen molar-refractivity contribution in [3.05, 3.63) is 29.3 Å². The molecular formula is C14H17NO4. The first kappa shape index (κ1) is 13.4. The van der Waals surface area contributed by atoms with Crippen LogP contribution < -0.4 is 4.74 Å². The summed E-state index contributed by atoms with van der Waals surface area (Å²) in [4.78, 5) is 25.1. The van der Waals surface area contributed by atoms with Crippen LogP contribution in [0.5, 0.6) is 5.75 Å². The van der Waals surface area contributed by atoms with Crippen molar-refractivity contribution < 1.29 is 19.1 Å². The lowest BCUT2D eigenvalue weighted by molar-refractivity contribution is -0.133. The monoisotopic (exact) mass is 263 g/mol. The Kier molecular flexibility index (Phi) is 4.04. The largest absolute Gasteiger partial charge is 0.483 e. The lowest BCUT2D eigenvalue weighted by Crippen LogP contribution is -2.32. The molecule has 1 aliphatic rings. The molecule has 1 aromatic rings. The molecule has 1 aromatic carbocycles. The highest BCUT2D eigenvalue weighted by atomic mass is 16.5. The average molecular weight is 263 g/mol. The molecule has 1 aliphatic heterocycles. The summed E-state index contributed by atoms with van der Waals surface area (Å²) in [7, 11) is 1.34. The number of amides is 1. The predicted molar refractivity (Wildman–Crippen MR) is 69.0 cm³/mol. The molecule has 0 fully saturated rings. The van der Waals surface area contributed by atoms with Gasteiger partial charge in [0.25, 0.3) is 5.91 Å². The Balaban J connectivity index is 2.30. The third-order valence-corrected chi connectivity index (χ3v) is 3.04. The summed E-state index contributed by atoms with van der Waals surface area (Å²) in [6.07, 6.45) is 0.887. The summed E-state index contributed by atoms with van der Waals surface area (Å²) >= 11 is 0. The molecule has 0 atom stereocenters. The minimum Gasteiger partial charge on any atom is -0.483 e. The second-order valence-electron chi connectivity index (χ2n) is 4.42. The Hall–Kier alpha value is -2.04. The molecule has 0 saturated carbocycles. The average Bonchev–Trinajstić information content (AvgIpc) is 2.58. The Morgan fingerprint density at radius 1 is 1.47 bits per heavy atom. The van der Waals surface area contributed by atoms with E-state index >= 15 is 0 Å². The second kappa shape index (κ2) is 5.73. The molecular weight excluding hydrogens is 246 g/mol. The van der Waals surface area contributed by atoms with Crippen molar-refractivity contribution in [2.45, 2.75) is 19.9 Å². The fraction of sp³-hybridized carbons (Fsp3) is 0.429. The first-order chi connectivity index (χ1) is 9.15. The van der Waals surface area contributed by atoms with Crippen molar-refractivity contribution >= 4 is 11.9 Å². The Labute approximate surface area is 112 Å². The molecule has 0 unspecified atom stereocenters. The molecule has 0 spiro atoms. The van der Waals surface area contributed by atoms with Gasteiger partial charge in [-0.3, -0.25) is 4.79 Å². The van der Waals surface area contributed by atoms with Gasteiger partial charge in [-0.1, -0.05) is 6.92 Å². The van der Waals surface area contributed by atoms with E-state index in [1.165, 1.54) is 7.11 Å². The van der Waals surface area contributed by atoms with E-state index in [0.29, 0.717) is 24.4 Å². The van der Waals surface area contributed by atoms with Gasteiger partial charge in [0.2, 0.25) is 0 Å². The number of fused-ring (bicyclic) bond motifs is 1. The van der Waals surface area contributed by atoms with Crippen molar-refractivity contribution in [2.24, 2.45) is 0 Å². The molecule has 1 amide bonds. The van der Waals surface area contributed by atoms with Gasteiger partial charge in [-0.25, -0.2) is 4.79 Å². The normalized spacial score (nSPS) is 14.4.